The third-order valence-corrected chi connectivity index (χ3v) is 5.23. The average Bonchev–Trinajstić information content (AvgIpc) is 3.14. The first-order chi connectivity index (χ1) is 12.6. The third kappa shape index (κ3) is 4.76. The molecule has 5 heteroatoms. The van der Waals surface area contributed by atoms with Crippen LogP contribution in [0.4, 0.5) is 0 Å². The van der Waals surface area contributed by atoms with Crippen molar-refractivity contribution < 1.29 is 4.79 Å². The highest BCUT2D eigenvalue weighted by Gasteiger charge is 2.12. The fourth-order valence-corrected chi connectivity index (χ4v) is 3.59. The lowest BCUT2D eigenvalue weighted by atomic mass is 10.1. The van der Waals surface area contributed by atoms with E-state index in [0.717, 1.165) is 17.0 Å². The van der Waals surface area contributed by atoms with Crippen molar-refractivity contribution in [3.8, 4) is 5.69 Å². The molecule has 3 aromatic rings. The second-order valence-corrected chi connectivity index (χ2v) is 7.25. The first-order valence-electron chi connectivity index (χ1n) is 8.65. The maximum atomic E-state index is 12.2. The smallest absolute Gasteiger partial charge is 0.230 e. The summed E-state index contributed by atoms with van der Waals surface area (Å²) in [5.74, 6) is 1.34. The fraction of sp³-hybridized carbons (Fsp3) is 0.238. The highest BCUT2D eigenvalue weighted by molar-refractivity contribution is 7.99. The molecule has 0 aliphatic rings. The van der Waals surface area contributed by atoms with Gasteiger partial charge in [-0.25, -0.2) is 4.68 Å². The molecule has 0 unspecified atom stereocenters. The number of para-hydroxylation sites is 1. The van der Waals surface area contributed by atoms with E-state index in [1.807, 2.05) is 60.3 Å². The van der Waals surface area contributed by atoms with Crippen LogP contribution < -0.4 is 5.32 Å². The number of hydrogen-bond donors (Lipinski definition) is 1. The lowest BCUT2D eigenvalue weighted by molar-refractivity contribution is -0.119. The molecule has 1 aromatic heterocycles. The molecule has 1 atom stereocenters. The van der Waals surface area contributed by atoms with Gasteiger partial charge >= 0.3 is 0 Å². The number of nitrogens with zero attached hydrogens (tertiary/aromatic N) is 2. The Bertz CT molecular complexity index is 860. The first kappa shape index (κ1) is 18.3. The molecule has 1 heterocycles. The van der Waals surface area contributed by atoms with Crippen LogP contribution >= 0.6 is 11.8 Å². The molecule has 1 amide bonds. The number of amides is 1. The van der Waals surface area contributed by atoms with Gasteiger partial charge in [-0.1, -0.05) is 42.5 Å². The number of carbonyl (C=O) groups is 1. The van der Waals surface area contributed by atoms with E-state index in [2.05, 4.69) is 29.5 Å². The van der Waals surface area contributed by atoms with Crippen LogP contribution in [0.3, 0.4) is 0 Å². The Labute approximate surface area is 158 Å². The number of aromatic nitrogens is 2. The van der Waals surface area contributed by atoms with Gasteiger partial charge < -0.3 is 5.32 Å². The molecular formula is C21H23N3OS. The highest BCUT2D eigenvalue weighted by Crippen LogP contribution is 2.17. The Kier molecular flexibility index (Phi) is 6.12. The van der Waals surface area contributed by atoms with E-state index in [0.29, 0.717) is 5.75 Å². The van der Waals surface area contributed by atoms with Crippen LogP contribution in [0.25, 0.3) is 5.69 Å². The Morgan fingerprint density at radius 3 is 2.65 bits per heavy atom. The largest absolute Gasteiger partial charge is 0.349 e. The summed E-state index contributed by atoms with van der Waals surface area (Å²) in [4.78, 5) is 12.2. The van der Waals surface area contributed by atoms with Crippen molar-refractivity contribution in [3.63, 3.8) is 0 Å². The summed E-state index contributed by atoms with van der Waals surface area (Å²) in [7, 11) is 0. The minimum absolute atomic E-state index is 0.0449. The molecule has 1 N–H and O–H groups in total. The van der Waals surface area contributed by atoms with Gasteiger partial charge in [-0.3, -0.25) is 4.79 Å². The number of aryl methyl sites for hydroxylation is 1. The maximum Gasteiger partial charge on any atom is 0.230 e. The topological polar surface area (TPSA) is 46.9 Å². The molecule has 0 fully saturated rings. The predicted octanol–water partition coefficient (Wildman–Crippen LogP) is 4.29. The van der Waals surface area contributed by atoms with Gasteiger partial charge in [0.1, 0.15) is 0 Å². The van der Waals surface area contributed by atoms with Gasteiger partial charge in [0, 0.05) is 17.5 Å². The number of thioether (sulfide) groups is 1. The van der Waals surface area contributed by atoms with Crippen molar-refractivity contribution in [2.24, 2.45) is 0 Å². The van der Waals surface area contributed by atoms with Crippen LogP contribution in [-0.4, -0.2) is 21.4 Å². The molecular weight excluding hydrogens is 342 g/mol. The molecule has 0 radical (unpaired) electrons. The van der Waals surface area contributed by atoms with E-state index < -0.39 is 0 Å². The summed E-state index contributed by atoms with van der Waals surface area (Å²) in [6.07, 6.45) is 3.76. The summed E-state index contributed by atoms with van der Waals surface area (Å²) in [5, 5.41) is 7.44. The standard InChI is InChI=1S/C21H23N3OS/c1-16-8-6-7-9-18(16)14-26-15-21(25)23-17(2)19-12-22-24(13-19)20-10-4-3-5-11-20/h3-13,17H,14-15H2,1-2H3,(H,23,25)/t17-/m0/s1. The van der Waals surface area contributed by atoms with Gasteiger partial charge in [0.15, 0.2) is 0 Å². The zero-order valence-electron chi connectivity index (χ0n) is 15.1. The SMILES string of the molecule is Cc1ccccc1CSCC(=O)N[C@@H](C)c1cnn(-c2ccccc2)c1. The molecule has 134 valence electrons. The van der Waals surface area contributed by atoms with Crippen LogP contribution in [0.5, 0.6) is 0 Å². The van der Waals surface area contributed by atoms with Crippen LogP contribution in [0.15, 0.2) is 67.0 Å². The molecule has 2 aromatic carbocycles. The molecule has 0 aliphatic heterocycles. The van der Waals surface area contributed by atoms with Gasteiger partial charge in [-0.15, -0.1) is 11.8 Å². The second-order valence-electron chi connectivity index (χ2n) is 6.26. The van der Waals surface area contributed by atoms with E-state index in [-0.39, 0.29) is 11.9 Å². The molecule has 0 saturated carbocycles. The lowest BCUT2D eigenvalue weighted by Gasteiger charge is -2.12. The molecule has 0 saturated heterocycles. The van der Waals surface area contributed by atoms with Gasteiger partial charge in [-0.05, 0) is 37.1 Å². The van der Waals surface area contributed by atoms with E-state index in [1.54, 1.807) is 18.0 Å². The molecule has 3 rings (SSSR count). The summed E-state index contributed by atoms with van der Waals surface area (Å²) in [6.45, 7) is 4.08. The summed E-state index contributed by atoms with van der Waals surface area (Å²) in [6, 6.07) is 18.2. The molecule has 26 heavy (non-hydrogen) atoms. The average molecular weight is 366 g/mol. The van der Waals surface area contributed by atoms with Gasteiger partial charge in [0.25, 0.3) is 0 Å². The Hall–Kier alpha value is -2.53. The van der Waals surface area contributed by atoms with Crippen molar-refractivity contribution in [1.82, 2.24) is 15.1 Å². The Morgan fingerprint density at radius 1 is 1.15 bits per heavy atom. The second kappa shape index (κ2) is 8.72. The predicted molar refractivity (Wildman–Crippen MR) is 107 cm³/mol. The minimum atomic E-state index is -0.0703. The zero-order chi connectivity index (χ0) is 18.4. The Morgan fingerprint density at radius 2 is 1.88 bits per heavy atom. The summed E-state index contributed by atoms with van der Waals surface area (Å²) >= 11 is 1.64. The van der Waals surface area contributed by atoms with E-state index in [1.165, 1.54) is 11.1 Å². The third-order valence-electron chi connectivity index (χ3n) is 4.25. The van der Waals surface area contributed by atoms with Gasteiger partial charge in [0.05, 0.1) is 23.7 Å². The molecule has 0 aliphatic carbocycles. The monoisotopic (exact) mass is 365 g/mol. The van der Waals surface area contributed by atoms with Crippen molar-refractivity contribution in [2.75, 3.05) is 5.75 Å². The number of nitrogens with one attached hydrogen (secondary N) is 1. The molecule has 0 bridgehead atoms. The van der Waals surface area contributed by atoms with Crippen LogP contribution in [0, 0.1) is 6.92 Å². The van der Waals surface area contributed by atoms with E-state index in [9.17, 15) is 4.79 Å². The van der Waals surface area contributed by atoms with Crippen molar-refractivity contribution >= 4 is 17.7 Å². The van der Waals surface area contributed by atoms with Crippen LogP contribution in [0.2, 0.25) is 0 Å². The summed E-state index contributed by atoms with van der Waals surface area (Å²) in [5.41, 5.74) is 4.54. The lowest BCUT2D eigenvalue weighted by Crippen LogP contribution is -2.28. The Balaban J connectivity index is 1.50. The number of hydrogen-bond acceptors (Lipinski definition) is 3. The van der Waals surface area contributed by atoms with E-state index >= 15 is 0 Å². The maximum absolute atomic E-state index is 12.2. The number of rotatable bonds is 7. The number of benzene rings is 2. The zero-order valence-corrected chi connectivity index (χ0v) is 15.9. The van der Waals surface area contributed by atoms with Crippen molar-refractivity contribution in [3.05, 3.63) is 83.7 Å². The van der Waals surface area contributed by atoms with Gasteiger partial charge in [-0.2, -0.15) is 5.10 Å². The van der Waals surface area contributed by atoms with Crippen LogP contribution in [0.1, 0.15) is 29.7 Å². The van der Waals surface area contributed by atoms with Crippen molar-refractivity contribution in [1.29, 1.82) is 0 Å². The fourth-order valence-electron chi connectivity index (χ4n) is 2.67. The quantitative estimate of drug-likeness (QED) is 0.679. The highest BCUT2D eigenvalue weighted by atomic mass is 32.2. The van der Waals surface area contributed by atoms with Crippen LogP contribution in [-0.2, 0) is 10.5 Å². The minimum Gasteiger partial charge on any atom is -0.349 e. The first-order valence-corrected chi connectivity index (χ1v) is 9.80. The normalized spacial score (nSPS) is 11.9. The number of carbonyl (C=O) groups excluding carboxylic acids is 1. The summed E-state index contributed by atoms with van der Waals surface area (Å²) < 4.78 is 1.82. The van der Waals surface area contributed by atoms with Gasteiger partial charge in [0.2, 0.25) is 5.91 Å². The van der Waals surface area contributed by atoms with E-state index in [4.69, 9.17) is 0 Å². The molecule has 4 nitrogen and oxygen atoms in total. The van der Waals surface area contributed by atoms with Crippen molar-refractivity contribution in [2.45, 2.75) is 25.6 Å². The molecule has 0 spiro atoms.